The van der Waals surface area contributed by atoms with E-state index in [9.17, 15) is 4.79 Å². The van der Waals surface area contributed by atoms with Gasteiger partial charge in [-0.25, -0.2) is 0 Å². The van der Waals surface area contributed by atoms with E-state index in [2.05, 4.69) is 15.2 Å². The Morgan fingerprint density at radius 2 is 2.04 bits per heavy atom. The maximum Gasteiger partial charge on any atom is 0.272 e. The maximum atomic E-state index is 13.2. The molecule has 0 unspecified atom stereocenters. The first-order chi connectivity index (χ1) is 13.3. The van der Waals surface area contributed by atoms with Gasteiger partial charge in [-0.2, -0.15) is 5.10 Å². The third-order valence-corrected chi connectivity index (χ3v) is 4.69. The molecule has 1 saturated heterocycles. The van der Waals surface area contributed by atoms with Gasteiger partial charge >= 0.3 is 0 Å². The van der Waals surface area contributed by atoms with Crippen molar-refractivity contribution in [3.05, 3.63) is 72.2 Å². The topological polar surface area (TPSA) is 71.1 Å². The van der Waals surface area contributed by atoms with E-state index in [1.54, 1.807) is 17.2 Å². The Kier molecular flexibility index (Phi) is 5.25. The highest BCUT2D eigenvalue weighted by Crippen LogP contribution is 2.20. The van der Waals surface area contributed by atoms with Crippen LogP contribution in [0.1, 0.15) is 29.0 Å². The van der Waals surface area contributed by atoms with Crippen molar-refractivity contribution in [2.24, 2.45) is 0 Å². The van der Waals surface area contributed by atoms with E-state index in [4.69, 9.17) is 4.74 Å². The molecule has 0 saturated carbocycles. The molecule has 6 nitrogen and oxygen atoms in total. The van der Waals surface area contributed by atoms with Gasteiger partial charge in [-0.15, -0.1) is 0 Å². The molecule has 1 atom stereocenters. The molecule has 1 fully saturated rings. The molecule has 3 heterocycles. The third-order valence-electron chi connectivity index (χ3n) is 4.69. The molecular weight excluding hydrogens is 340 g/mol. The normalized spacial score (nSPS) is 16.4. The first-order valence-electron chi connectivity index (χ1n) is 9.21. The molecule has 3 aromatic rings. The quantitative estimate of drug-likeness (QED) is 0.730. The number of nitrogens with one attached hydrogen (secondary N) is 1. The molecule has 138 valence electrons. The average molecular weight is 362 g/mol. The second-order valence-electron chi connectivity index (χ2n) is 6.67. The van der Waals surface area contributed by atoms with Crippen molar-refractivity contribution in [3.63, 3.8) is 0 Å². The van der Waals surface area contributed by atoms with Gasteiger partial charge in [-0.05, 0) is 31.0 Å². The fourth-order valence-electron chi connectivity index (χ4n) is 3.30. The summed E-state index contributed by atoms with van der Waals surface area (Å²) in [6.07, 6.45) is 3.84. The number of aromatic amines is 1. The lowest BCUT2D eigenvalue weighted by Crippen LogP contribution is -2.37. The summed E-state index contributed by atoms with van der Waals surface area (Å²) in [5, 5.41) is 7.20. The molecule has 1 aliphatic rings. The molecule has 1 aromatic carbocycles. The summed E-state index contributed by atoms with van der Waals surface area (Å²) in [7, 11) is 0. The smallest absolute Gasteiger partial charge is 0.272 e. The van der Waals surface area contributed by atoms with Crippen molar-refractivity contribution in [1.29, 1.82) is 0 Å². The molecule has 6 heteroatoms. The lowest BCUT2D eigenvalue weighted by molar-refractivity contribution is 0.0500. The first-order valence-corrected chi connectivity index (χ1v) is 9.21. The van der Waals surface area contributed by atoms with Gasteiger partial charge in [0.1, 0.15) is 5.69 Å². The number of hydrogen-bond acceptors (Lipinski definition) is 4. The van der Waals surface area contributed by atoms with Crippen LogP contribution in [0, 0.1) is 0 Å². The summed E-state index contributed by atoms with van der Waals surface area (Å²) in [6, 6.07) is 17.4. The van der Waals surface area contributed by atoms with Crippen LogP contribution in [0.15, 0.2) is 60.8 Å². The Morgan fingerprint density at radius 3 is 2.78 bits per heavy atom. The number of carbonyl (C=O) groups excluding carboxylic acids is 1. The van der Waals surface area contributed by atoms with Crippen LogP contribution in [0.3, 0.4) is 0 Å². The van der Waals surface area contributed by atoms with Gasteiger partial charge in [0.05, 0.1) is 24.0 Å². The van der Waals surface area contributed by atoms with Crippen molar-refractivity contribution >= 4 is 5.91 Å². The van der Waals surface area contributed by atoms with Crippen LogP contribution in [-0.2, 0) is 11.3 Å². The molecule has 0 bridgehead atoms. The van der Waals surface area contributed by atoms with E-state index in [-0.39, 0.29) is 12.0 Å². The molecule has 4 rings (SSSR count). The minimum absolute atomic E-state index is 0.0779. The molecule has 0 aliphatic carbocycles. The number of amides is 1. The van der Waals surface area contributed by atoms with Gasteiger partial charge in [-0.3, -0.25) is 14.9 Å². The van der Waals surface area contributed by atoms with E-state index in [0.717, 1.165) is 36.4 Å². The SMILES string of the molecule is O=C(c1cc(-c2ccccc2)n[nH]1)N(Cc1ccccn1)C[C@H]1CCCO1. The molecule has 27 heavy (non-hydrogen) atoms. The standard InChI is InChI=1S/C21H22N4O2/c26-21(20-13-19(23-24-20)16-7-2-1-3-8-16)25(15-18-10-6-12-27-18)14-17-9-4-5-11-22-17/h1-5,7-9,11,13,18H,6,10,12,14-15H2,(H,23,24)/t18-/m1/s1. The highest BCUT2D eigenvalue weighted by molar-refractivity contribution is 5.93. The van der Waals surface area contributed by atoms with Gasteiger partial charge in [0.15, 0.2) is 0 Å². The number of ether oxygens (including phenoxy) is 1. The third kappa shape index (κ3) is 4.23. The molecule has 1 aliphatic heterocycles. The number of benzene rings is 1. The minimum Gasteiger partial charge on any atom is -0.376 e. The fourth-order valence-corrected chi connectivity index (χ4v) is 3.30. The number of hydrogen-bond donors (Lipinski definition) is 1. The molecule has 2 aromatic heterocycles. The first kappa shape index (κ1) is 17.4. The predicted octanol–water partition coefficient (Wildman–Crippen LogP) is 3.29. The fraction of sp³-hybridized carbons (Fsp3) is 0.286. The van der Waals surface area contributed by atoms with Crippen molar-refractivity contribution in [3.8, 4) is 11.3 Å². The second kappa shape index (κ2) is 8.14. The lowest BCUT2D eigenvalue weighted by Gasteiger charge is -2.24. The molecule has 1 N–H and O–H groups in total. The van der Waals surface area contributed by atoms with Crippen LogP contribution in [0.2, 0.25) is 0 Å². The van der Waals surface area contributed by atoms with E-state index < -0.39 is 0 Å². The highest BCUT2D eigenvalue weighted by atomic mass is 16.5. The van der Waals surface area contributed by atoms with Gasteiger partial charge < -0.3 is 9.64 Å². The Balaban J connectivity index is 1.55. The van der Waals surface area contributed by atoms with E-state index in [1.165, 1.54) is 0 Å². The largest absolute Gasteiger partial charge is 0.376 e. The number of nitrogens with zero attached hydrogens (tertiary/aromatic N) is 3. The second-order valence-corrected chi connectivity index (χ2v) is 6.67. The Bertz CT molecular complexity index is 873. The number of pyridine rings is 1. The summed E-state index contributed by atoms with van der Waals surface area (Å²) < 4.78 is 5.74. The molecule has 0 spiro atoms. The van der Waals surface area contributed by atoms with Crippen molar-refractivity contribution in [2.75, 3.05) is 13.2 Å². The molecular formula is C21H22N4O2. The number of rotatable bonds is 6. The van der Waals surface area contributed by atoms with E-state index in [1.807, 2.05) is 48.5 Å². The Morgan fingerprint density at radius 1 is 1.19 bits per heavy atom. The van der Waals surface area contributed by atoms with Gasteiger partial charge in [0.25, 0.3) is 5.91 Å². The minimum atomic E-state index is -0.0918. The summed E-state index contributed by atoms with van der Waals surface area (Å²) in [4.78, 5) is 19.3. The van der Waals surface area contributed by atoms with Crippen LogP contribution < -0.4 is 0 Å². The van der Waals surface area contributed by atoms with Gasteiger partial charge in [0, 0.05) is 24.9 Å². The van der Waals surface area contributed by atoms with Crippen LogP contribution in [0.5, 0.6) is 0 Å². The van der Waals surface area contributed by atoms with Crippen molar-refractivity contribution < 1.29 is 9.53 Å². The number of aromatic nitrogens is 3. The Labute approximate surface area is 158 Å². The molecule has 0 radical (unpaired) electrons. The molecule has 1 amide bonds. The maximum absolute atomic E-state index is 13.2. The van der Waals surface area contributed by atoms with Crippen LogP contribution in [0.25, 0.3) is 11.3 Å². The Hall–Kier alpha value is -2.99. The summed E-state index contributed by atoms with van der Waals surface area (Å²) in [6.45, 7) is 1.76. The van der Waals surface area contributed by atoms with Crippen LogP contribution >= 0.6 is 0 Å². The zero-order valence-electron chi connectivity index (χ0n) is 15.0. The van der Waals surface area contributed by atoms with E-state index in [0.29, 0.717) is 18.8 Å². The number of carbonyl (C=O) groups is 1. The summed E-state index contributed by atoms with van der Waals surface area (Å²) in [5.74, 6) is -0.0918. The average Bonchev–Trinajstić information content (AvgIpc) is 3.41. The van der Waals surface area contributed by atoms with Gasteiger partial charge in [0.2, 0.25) is 0 Å². The number of H-pyrrole nitrogens is 1. The van der Waals surface area contributed by atoms with Gasteiger partial charge in [-0.1, -0.05) is 36.4 Å². The monoisotopic (exact) mass is 362 g/mol. The predicted molar refractivity (Wildman–Crippen MR) is 102 cm³/mol. The lowest BCUT2D eigenvalue weighted by atomic mass is 10.1. The van der Waals surface area contributed by atoms with Crippen molar-refractivity contribution in [1.82, 2.24) is 20.1 Å². The van der Waals surface area contributed by atoms with Crippen molar-refractivity contribution in [2.45, 2.75) is 25.5 Å². The zero-order chi connectivity index (χ0) is 18.5. The summed E-state index contributed by atoms with van der Waals surface area (Å²) in [5.41, 5.74) is 3.06. The van der Waals surface area contributed by atoms with E-state index >= 15 is 0 Å². The van der Waals surface area contributed by atoms with Crippen LogP contribution in [0.4, 0.5) is 0 Å². The summed E-state index contributed by atoms with van der Waals surface area (Å²) >= 11 is 0. The highest BCUT2D eigenvalue weighted by Gasteiger charge is 2.25. The van der Waals surface area contributed by atoms with Crippen LogP contribution in [-0.4, -0.2) is 45.2 Å². The zero-order valence-corrected chi connectivity index (χ0v) is 15.0.